The van der Waals surface area contributed by atoms with Crippen LogP contribution in [0.2, 0.25) is 0 Å². The topological polar surface area (TPSA) is 122 Å². The second-order valence-electron chi connectivity index (χ2n) is 7.50. The summed E-state index contributed by atoms with van der Waals surface area (Å²) in [6.07, 6.45) is 10.2. The van der Waals surface area contributed by atoms with Crippen molar-refractivity contribution in [2.75, 3.05) is 6.61 Å². The lowest BCUT2D eigenvalue weighted by molar-refractivity contribution is -0.139. The minimum absolute atomic E-state index is 0.0331. The first-order chi connectivity index (χ1) is 15.6. The molecule has 1 aliphatic rings. The Morgan fingerprint density at radius 2 is 1.72 bits per heavy atom. The molecule has 0 unspecified atom stereocenters. The van der Waals surface area contributed by atoms with E-state index in [0.717, 1.165) is 31.2 Å². The molecule has 1 aliphatic carbocycles. The fourth-order valence-corrected chi connectivity index (χ4v) is 3.29. The molecular weight excluding hydrogens is 410 g/mol. The monoisotopic (exact) mass is 437 g/mol. The summed E-state index contributed by atoms with van der Waals surface area (Å²) in [6.45, 7) is 0.188. The number of nitrogens with one attached hydrogen (secondary N) is 3. The zero-order valence-electron chi connectivity index (χ0n) is 17.8. The van der Waals surface area contributed by atoms with Gasteiger partial charge >= 0.3 is 11.8 Å². The van der Waals surface area contributed by atoms with E-state index in [9.17, 15) is 14.4 Å². The van der Waals surface area contributed by atoms with E-state index < -0.39 is 11.8 Å². The van der Waals surface area contributed by atoms with Crippen molar-refractivity contribution >= 4 is 23.9 Å². The van der Waals surface area contributed by atoms with E-state index in [1.807, 2.05) is 0 Å². The first-order valence-corrected chi connectivity index (χ1v) is 10.6. The molecule has 32 heavy (non-hydrogen) atoms. The van der Waals surface area contributed by atoms with Crippen molar-refractivity contribution < 1.29 is 19.1 Å². The van der Waals surface area contributed by atoms with Gasteiger partial charge < -0.3 is 15.4 Å². The number of hydrogen-bond acceptors (Lipinski definition) is 6. The second-order valence-corrected chi connectivity index (χ2v) is 7.50. The van der Waals surface area contributed by atoms with Crippen LogP contribution in [0, 0.1) is 0 Å². The van der Waals surface area contributed by atoms with Gasteiger partial charge in [0.1, 0.15) is 5.75 Å². The van der Waals surface area contributed by atoms with Crippen LogP contribution in [0.25, 0.3) is 0 Å². The standard InChI is InChI=1S/C23H27N5O4/c29-21(27-19-4-2-1-3-5-19)16-32-20-8-6-17(7-9-20)15-26-28-23(31)22(30)25-14-18-10-12-24-13-11-18/h6-13,15,19H,1-5,14,16H2,(H,25,30)(H,27,29)(H,28,31)/b26-15-. The highest BCUT2D eigenvalue weighted by Gasteiger charge is 2.16. The van der Waals surface area contributed by atoms with Crippen LogP contribution in [0.3, 0.4) is 0 Å². The van der Waals surface area contributed by atoms with Crippen molar-refractivity contribution in [3.05, 3.63) is 59.9 Å². The summed E-state index contributed by atoms with van der Waals surface area (Å²) < 4.78 is 5.52. The highest BCUT2D eigenvalue weighted by molar-refractivity contribution is 6.35. The molecule has 168 valence electrons. The lowest BCUT2D eigenvalue weighted by Crippen LogP contribution is -2.38. The van der Waals surface area contributed by atoms with Crippen molar-refractivity contribution in [1.29, 1.82) is 0 Å². The number of hydrazone groups is 1. The van der Waals surface area contributed by atoms with Crippen LogP contribution in [-0.2, 0) is 20.9 Å². The molecule has 0 saturated heterocycles. The smallest absolute Gasteiger partial charge is 0.329 e. The maximum atomic E-state index is 12.0. The molecule has 1 fully saturated rings. The first kappa shape index (κ1) is 22.9. The summed E-state index contributed by atoms with van der Waals surface area (Å²) in [7, 11) is 0. The third kappa shape index (κ3) is 7.82. The Labute approximate surface area is 186 Å². The number of aromatic nitrogens is 1. The lowest BCUT2D eigenvalue weighted by atomic mass is 9.95. The Hall–Kier alpha value is -3.75. The third-order valence-electron chi connectivity index (χ3n) is 5.01. The number of rotatable bonds is 8. The van der Waals surface area contributed by atoms with Gasteiger partial charge in [0, 0.05) is 25.0 Å². The highest BCUT2D eigenvalue weighted by atomic mass is 16.5. The minimum atomic E-state index is -0.862. The highest BCUT2D eigenvalue weighted by Crippen LogP contribution is 2.17. The van der Waals surface area contributed by atoms with E-state index in [2.05, 4.69) is 26.1 Å². The normalized spacial score (nSPS) is 14.0. The van der Waals surface area contributed by atoms with Crippen LogP contribution in [0.5, 0.6) is 5.75 Å². The van der Waals surface area contributed by atoms with Gasteiger partial charge in [0.05, 0.1) is 6.21 Å². The van der Waals surface area contributed by atoms with Gasteiger partial charge in [-0.2, -0.15) is 5.10 Å². The van der Waals surface area contributed by atoms with Crippen molar-refractivity contribution in [3.8, 4) is 5.75 Å². The molecule has 9 heteroatoms. The molecular formula is C23H27N5O4. The fourth-order valence-electron chi connectivity index (χ4n) is 3.29. The maximum Gasteiger partial charge on any atom is 0.329 e. The zero-order chi connectivity index (χ0) is 22.6. The van der Waals surface area contributed by atoms with Crippen molar-refractivity contribution in [3.63, 3.8) is 0 Å². The summed E-state index contributed by atoms with van der Waals surface area (Å²) in [4.78, 5) is 39.5. The molecule has 9 nitrogen and oxygen atoms in total. The molecule has 1 saturated carbocycles. The summed E-state index contributed by atoms with van der Waals surface area (Å²) in [5.41, 5.74) is 3.71. The van der Waals surface area contributed by atoms with Gasteiger partial charge in [0.25, 0.3) is 5.91 Å². The van der Waals surface area contributed by atoms with Crippen molar-refractivity contribution in [1.82, 2.24) is 21.0 Å². The maximum absolute atomic E-state index is 12.0. The van der Waals surface area contributed by atoms with Crippen molar-refractivity contribution in [2.24, 2.45) is 5.10 Å². The average molecular weight is 438 g/mol. The molecule has 1 aromatic heterocycles. The van der Waals surface area contributed by atoms with E-state index in [1.54, 1.807) is 48.8 Å². The Balaban J connectivity index is 1.36. The first-order valence-electron chi connectivity index (χ1n) is 10.6. The Kier molecular flexibility index (Phi) is 8.73. The number of amides is 3. The SMILES string of the molecule is O=C(COc1ccc(/C=N\NC(=O)C(=O)NCc2ccncc2)cc1)NC1CCCCC1. The van der Waals surface area contributed by atoms with Gasteiger partial charge in [-0.25, -0.2) is 5.43 Å². The largest absolute Gasteiger partial charge is 0.484 e. The number of nitrogens with zero attached hydrogens (tertiary/aromatic N) is 2. The number of carbonyl (C=O) groups is 3. The van der Waals surface area contributed by atoms with Crippen LogP contribution >= 0.6 is 0 Å². The predicted octanol–water partition coefficient (Wildman–Crippen LogP) is 1.68. The number of pyridine rings is 1. The van der Waals surface area contributed by atoms with Crippen LogP contribution in [-0.4, -0.2) is 41.6 Å². The van der Waals surface area contributed by atoms with Crippen LogP contribution in [0.1, 0.15) is 43.2 Å². The molecule has 1 aromatic carbocycles. The van der Waals surface area contributed by atoms with Crippen LogP contribution < -0.4 is 20.8 Å². The summed E-state index contributed by atoms with van der Waals surface area (Å²) >= 11 is 0. The fraction of sp³-hybridized carbons (Fsp3) is 0.348. The Morgan fingerprint density at radius 1 is 1.00 bits per heavy atom. The van der Waals surface area contributed by atoms with Gasteiger partial charge in [-0.05, 0) is 60.4 Å². The van der Waals surface area contributed by atoms with Crippen LogP contribution in [0.15, 0.2) is 53.9 Å². The molecule has 0 atom stereocenters. The van der Waals surface area contributed by atoms with Gasteiger partial charge in [-0.3, -0.25) is 19.4 Å². The van der Waals surface area contributed by atoms with Gasteiger partial charge in [-0.15, -0.1) is 0 Å². The average Bonchev–Trinajstić information content (AvgIpc) is 2.83. The van der Waals surface area contributed by atoms with Gasteiger partial charge in [0.15, 0.2) is 6.61 Å². The van der Waals surface area contributed by atoms with E-state index in [0.29, 0.717) is 11.3 Å². The number of benzene rings is 1. The third-order valence-corrected chi connectivity index (χ3v) is 5.01. The molecule has 3 amide bonds. The van der Waals surface area contributed by atoms with Gasteiger partial charge in [-0.1, -0.05) is 19.3 Å². The van der Waals surface area contributed by atoms with E-state index in [1.165, 1.54) is 12.6 Å². The van der Waals surface area contributed by atoms with E-state index >= 15 is 0 Å². The molecule has 0 radical (unpaired) electrons. The van der Waals surface area contributed by atoms with Crippen molar-refractivity contribution in [2.45, 2.75) is 44.7 Å². The zero-order valence-corrected chi connectivity index (χ0v) is 17.8. The predicted molar refractivity (Wildman–Crippen MR) is 119 cm³/mol. The lowest BCUT2D eigenvalue weighted by Gasteiger charge is -2.22. The molecule has 1 heterocycles. The van der Waals surface area contributed by atoms with Crippen LogP contribution in [0.4, 0.5) is 0 Å². The Morgan fingerprint density at radius 3 is 2.44 bits per heavy atom. The van der Waals surface area contributed by atoms with E-state index in [4.69, 9.17) is 4.74 Å². The molecule has 3 N–H and O–H groups in total. The number of carbonyl (C=O) groups excluding carboxylic acids is 3. The molecule has 0 aliphatic heterocycles. The quantitative estimate of drug-likeness (QED) is 0.330. The Bertz CT molecular complexity index is 925. The number of ether oxygens (including phenoxy) is 1. The molecule has 0 bridgehead atoms. The summed E-state index contributed by atoms with van der Waals surface area (Å²) in [6, 6.07) is 10.6. The summed E-state index contributed by atoms with van der Waals surface area (Å²) in [5, 5.41) is 9.29. The number of hydrogen-bond donors (Lipinski definition) is 3. The molecule has 3 rings (SSSR count). The van der Waals surface area contributed by atoms with Gasteiger partial charge in [0.2, 0.25) is 0 Å². The second kappa shape index (κ2) is 12.2. The minimum Gasteiger partial charge on any atom is -0.484 e. The van der Waals surface area contributed by atoms with E-state index in [-0.39, 0.29) is 25.1 Å². The molecule has 0 spiro atoms. The summed E-state index contributed by atoms with van der Waals surface area (Å²) in [5.74, 6) is -1.21. The molecule has 2 aromatic rings.